The second-order valence-corrected chi connectivity index (χ2v) is 4.32. The molecule has 1 aromatic carbocycles. The fourth-order valence-electron chi connectivity index (χ4n) is 1.78. The van der Waals surface area contributed by atoms with Crippen LogP contribution in [0.25, 0.3) is 0 Å². The average molecular weight is 242 g/mol. The predicted molar refractivity (Wildman–Crippen MR) is 74.3 cm³/mol. The summed E-state index contributed by atoms with van der Waals surface area (Å²) in [5.74, 6) is 0.755. The van der Waals surface area contributed by atoms with Gasteiger partial charge in [-0.2, -0.15) is 0 Å². The normalized spacial score (nSPS) is 10.3. The van der Waals surface area contributed by atoms with Crippen LogP contribution in [0, 0.1) is 6.92 Å². The highest BCUT2D eigenvalue weighted by molar-refractivity contribution is 5.42. The first-order chi connectivity index (χ1) is 8.69. The topological polar surface area (TPSA) is 55.0 Å². The minimum atomic E-state index is 0.755. The van der Waals surface area contributed by atoms with Crippen LogP contribution in [0.5, 0.6) is 0 Å². The predicted octanol–water partition coefficient (Wildman–Crippen LogP) is 2.39. The Balaban J connectivity index is 2.17. The standard InChI is InChI=1S/C14H18N4/c1-3-18(14-16-8-11(2)9-17-14)10-12-5-4-6-13(15)7-12/h4-9H,3,10,15H2,1-2H3. The number of nitrogens with two attached hydrogens (primary N) is 1. The number of nitrogens with zero attached hydrogens (tertiary/aromatic N) is 3. The van der Waals surface area contributed by atoms with Gasteiger partial charge in [0.05, 0.1) is 0 Å². The first-order valence-corrected chi connectivity index (χ1v) is 6.07. The molecule has 1 heterocycles. The zero-order valence-corrected chi connectivity index (χ0v) is 10.8. The number of hydrogen-bond donors (Lipinski definition) is 1. The van der Waals surface area contributed by atoms with Crippen LogP contribution in [0.3, 0.4) is 0 Å². The Morgan fingerprint density at radius 1 is 1.22 bits per heavy atom. The molecule has 0 saturated heterocycles. The van der Waals surface area contributed by atoms with Gasteiger partial charge in [0.2, 0.25) is 5.95 Å². The highest BCUT2D eigenvalue weighted by atomic mass is 15.2. The third-order valence-electron chi connectivity index (χ3n) is 2.76. The summed E-state index contributed by atoms with van der Waals surface area (Å²) in [5.41, 5.74) is 8.81. The van der Waals surface area contributed by atoms with Gasteiger partial charge in [-0.05, 0) is 37.1 Å². The smallest absolute Gasteiger partial charge is 0.225 e. The van der Waals surface area contributed by atoms with E-state index >= 15 is 0 Å². The van der Waals surface area contributed by atoms with Crippen molar-refractivity contribution in [1.82, 2.24) is 9.97 Å². The number of aromatic nitrogens is 2. The van der Waals surface area contributed by atoms with Crippen LogP contribution in [-0.4, -0.2) is 16.5 Å². The highest BCUT2D eigenvalue weighted by Crippen LogP contribution is 2.13. The van der Waals surface area contributed by atoms with Crippen LogP contribution in [0.4, 0.5) is 11.6 Å². The van der Waals surface area contributed by atoms with Crippen molar-refractivity contribution in [3.8, 4) is 0 Å². The molecule has 0 spiro atoms. The minimum Gasteiger partial charge on any atom is -0.399 e. The largest absolute Gasteiger partial charge is 0.399 e. The molecule has 0 amide bonds. The summed E-state index contributed by atoms with van der Waals surface area (Å²) in [4.78, 5) is 10.8. The number of nitrogen functional groups attached to an aromatic ring is 1. The van der Waals surface area contributed by atoms with Crippen molar-refractivity contribution in [1.29, 1.82) is 0 Å². The maximum atomic E-state index is 5.78. The number of aryl methyl sites for hydroxylation is 1. The molecule has 0 radical (unpaired) electrons. The lowest BCUT2D eigenvalue weighted by molar-refractivity contribution is 0.790. The maximum Gasteiger partial charge on any atom is 0.225 e. The summed E-state index contributed by atoms with van der Waals surface area (Å²) in [7, 11) is 0. The lowest BCUT2D eigenvalue weighted by atomic mass is 10.2. The van der Waals surface area contributed by atoms with E-state index < -0.39 is 0 Å². The summed E-state index contributed by atoms with van der Waals surface area (Å²) < 4.78 is 0. The number of rotatable bonds is 4. The van der Waals surface area contributed by atoms with Gasteiger partial charge in [-0.1, -0.05) is 12.1 Å². The van der Waals surface area contributed by atoms with Crippen molar-refractivity contribution < 1.29 is 0 Å². The van der Waals surface area contributed by atoms with Crippen molar-refractivity contribution in [2.45, 2.75) is 20.4 Å². The molecule has 0 bridgehead atoms. The van der Waals surface area contributed by atoms with Gasteiger partial charge in [0.1, 0.15) is 0 Å². The van der Waals surface area contributed by atoms with Crippen LogP contribution >= 0.6 is 0 Å². The number of hydrogen-bond acceptors (Lipinski definition) is 4. The molecule has 0 atom stereocenters. The second-order valence-electron chi connectivity index (χ2n) is 4.32. The Morgan fingerprint density at radius 2 is 1.94 bits per heavy atom. The van der Waals surface area contributed by atoms with Gasteiger partial charge in [0, 0.05) is 31.2 Å². The summed E-state index contributed by atoms with van der Waals surface area (Å²) in [6.07, 6.45) is 3.68. The summed E-state index contributed by atoms with van der Waals surface area (Å²) in [6, 6.07) is 7.90. The van der Waals surface area contributed by atoms with Crippen molar-refractivity contribution in [3.63, 3.8) is 0 Å². The molecule has 2 N–H and O–H groups in total. The molecule has 4 nitrogen and oxygen atoms in total. The molecule has 0 unspecified atom stereocenters. The zero-order valence-electron chi connectivity index (χ0n) is 10.8. The van der Waals surface area contributed by atoms with Crippen molar-refractivity contribution in [2.24, 2.45) is 0 Å². The van der Waals surface area contributed by atoms with Gasteiger partial charge in [-0.3, -0.25) is 0 Å². The highest BCUT2D eigenvalue weighted by Gasteiger charge is 2.07. The van der Waals surface area contributed by atoms with Gasteiger partial charge in [-0.15, -0.1) is 0 Å². The molecule has 18 heavy (non-hydrogen) atoms. The molecule has 2 aromatic rings. The van der Waals surface area contributed by atoms with Crippen molar-refractivity contribution in [2.75, 3.05) is 17.2 Å². The number of anilines is 2. The molecular weight excluding hydrogens is 224 g/mol. The maximum absolute atomic E-state index is 5.78. The first kappa shape index (κ1) is 12.4. The SMILES string of the molecule is CCN(Cc1cccc(N)c1)c1ncc(C)cn1. The van der Waals surface area contributed by atoms with E-state index in [-0.39, 0.29) is 0 Å². The Kier molecular flexibility index (Phi) is 3.77. The summed E-state index contributed by atoms with van der Waals surface area (Å²) >= 11 is 0. The Morgan fingerprint density at radius 3 is 2.56 bits per heavy atom. The number of benzene rings is 1. The van der Waals surface area contributed by atoms with Crippen LogP contribution in [0.2, 0.25) is 0 Å². The molecular formula is C14H18N4. The van der Waals surface area contributed by atoms with Crippen LogP contribution in [0.15, 0.2) is 36.7 Å². The van der Waals surface area contributed by atoms with E-state index in [9.17, 15) is 0 Å². The van der Waals surface area contributed by atoms with Gasteiger partial charge >= 0.3 is 0 Å². The molecule has 94 valence electrons. The quantitative estimate of drug-likeness (QED) is 0.836. The van der Waals surface area contributed by atoms with Crippen molar-refractivity contribution >= 4 is 11.6 Å². The molecule has 0 saturated carbocycles. The van der Waals surface area contributed by atoms with E-state index in [1.807, 2.05) is 37.5 Å². The van der Waals surface area contributed by atoms with Crippen LogP contribution in [-0.2, 0) is 6.54 Å². The monoisotopic (exact) mass is 242 g/mol. The Hall–Kier alpha value is -2.10. The minimum absolute atomic E-state index is 0.755. The summed E-state index contributed by atoms with van der Waals surface area (Å²) in [5, 5.41) is 0. The fourth-order valence-corrected chi connectivity index (χ4v) is 1.78. The van der Waals surface area contributed by atoms with Gasteiger partial charge < -0.3 is 10.6 Å². The molecule has 1 aromatic heterocycles. The van der Waals surface area contributed by atoms with Crippen molar-refractivity contribution in [3.05, 3.63) is 47.8 Å². The molecule has 0 aliphatic heterocycles. The molecule has 0 fully saturated rings. The van der Waals surface area contributed by atoms with E-state index in [1.54, 1.807) is 0 Å². The molecule has 0 aliphatic rings. The average Bonchev–Trinajstić information content (AvgIpc) is 2.37. The summed E-state index contributed by atoms with van der Waals surface area (Å²) in [6.45, 7) is 5.70. The lowest BCUT2D eigenvalue weighted by Crippen LogP contribution is -2.24. The molecule has 4 heteroatoms. The molecule has 0 aliphatic carbocycles. The first-order valence-electron chi connectivity index (χ1n) is 6.07. The molecule has 2 rings (SSSR count). The third-order valence-corrected chi connectivity index (χ3v) is 2.76. The van der Waals surface area contributed by atoms with E-state index in [4.69, 9.17) is 5.73 Å². The van der Waals surface area contributed by atoms with E-state index in [0.29, 0.717) is 0 Å². The zero-order chi connectivity index (χ0) is 13.0. The second kappa shape index (κ2) is 5.49. The fraction of sp³-hybridized carbons (Fsp3) is 0.286. The van der Waals surface area contributed by atoms with Crippen LogP contribution < -0.4 is 10.6 Å². The van der Waals surface area contributed by atoms with Gasteiger partial charge in [-0.25, -0.2) is 9.97 Å². The van der Waals surface area contributed by atoms with E-state index in [2.05, 4.69) is 27.9 Å². The Bertz CT molecular complexity index is 507. The third kappa shape index (κ3) is 2.97. The Labute approximate surface area is 107 Å². The van der Waals surface area contributed by atoms with Gasteiger partial charge in [0.25, 0.3) is 0 Å². The van der Waals surface area contributed by atoms with E-state index in [0.717, 1.165) is 30.3 Å². The lowest BCUT2D eigenvalue weighted by Gasteiger charge is -2.20. The van der Waals surface area contributed by atoms with Crippen LogP contribution in [0.1, 0.15) is 18.1 Å². The van der Waals surface area contributed by atoms with Gasteiger partial charge in [0.15, 0.2) is 0 Å². The van der Waals surface area contributed by atoms with E-state index in [1.165, 1.54) is 5.56 Å².